The molecule has 0 aliphatic rings. The van der Waals surface area contributed by atoms with Gasteiger partial charge in [-0.25, -0.2) is 9.78 Å². The highest BCUT2D eigenvalue weighted by Gasteiger charge is 2.22. The van der Waals surface area contributed by atoms with Crippen LogP contribution in [0, 0.1) is 10.1 Å². The molecule has 2 heterocycles. The second kappa shape index (κ2) is 6.06. The monoisotopic (exact) mass is 327 g/mol. The van der Waals surface area contributed by atoms with Gasteiger partial charge in [0.05, 0.1) is 15.8 Å². The molecule has 7 nitrogen and oxygen atoms in total. The third-order valence-electron chi connectivity index (χ3n) is 2.65. The minimum absolute atomic E-state index is 0.00409. The molecule has 1 N–H and O–H groups in total. The largest absolute Gasteiger partial charge is 0.477 e. The number of carbonyl (C=O) groups is 1. The Morgan fingerprint density at radius 1 is 1.48 bits per heavy atom. The van der Waals surface area contributed by atoms with Crippen molar-refractivity contribution in [2.75, 3.05) is 11.9 Å². The van der Waals surface area contributed by atoms with Crippen molar-refractivity contribution in [2.45, 2.75) is 6.54 Å². The van der Waals surface area contributed by atoms with Crippen LogP contribution in [0.2, 0.25) is 4.34 Å². The average molecular weight is 328 g/mol. The van der Waals surface area contributed by atoms with E-state index < -0.39 is 10.9 Å². The van der Waals surface area contributed by atoms with E-state index in [2.05, 4.69) is 4.98 Å². The molecule has 2 aromatic rings. The number of pyridine rings is 1. The van der Waals surface area contributed by atoms with Crippen molar-refractivity contribution in [3.63, 3.8) is 0 Å². The first-order valence-electron chi connectivity index (χ1n) is 5.72. The molecule has 0 unspecified atom stereocenters. The zero-order chi connectivity index (χ0) is 15.6. The van der Waals surface area contributed by atoms with Gasteiger partial charge in [0, 0.05) is 18.0 Å². The molecule has 0 saturated heterocycles. The number of carboxylic acid groups (broad SMARTS) is 1. The van der Waals surface area contributed by atoms with Crippen LogP contribution in [0.15, 0.2) is 24.3 Å². The van der Waals surface area contributed by atoms with Crippen LogP contribution < -0.4 is 4.90 Å². The first-order valence-corrected chi connectivity index (χ1v) is 6.92. The van der Waals surface area contributed by atoms with Crippen molar-refractivity contribution >= 4 is 40.4 Å². The number of aromatic carboxylic acids is 1. The van der Waals surface area contributed by atoms with Gasteiger partial charge in [-0.05, 0) is 18.2 Å². The van der Waals surface area contributed by atoms with Crippen molar-refractivity contribution in [1.82, 2.24) is 4.98 Å². The first-order chi connectivity index (χ1) is 9.88. The third kappa shape index (κ3) is 3.47. The highest BCUT2D eigenvalue weighted by Crippen LogP contribution is 2.28. The molecule has 0 saturated carbocycles. The minimum Gasteiger partial charge on any atom is -0.477 e. The van der Waals surface area contributed by atoms with Crippen LogP contribution in [0.5, 0.6) is 0 Å². The predicted molar refractivity (Wildman–Crippen MR) is 79.3 cm³/mol. The summed E-state index contributed by atoms with van der Waals surface area (Å²) in [6.07, 6.45) is 0. The molecule has 0 spiro atoms. The Kier molecular flexibility index (Phi) is 4.39. The summed E-state index contributed by atoms with van der Waals surface area (Å²) < 4.78 is 0.611. The standard InChI is InChI=1S/C12H10ClN3O4S/c1-15(6-7-2-5-10(13)21-7)11-9(16(19)20)4-3-8(14-11)12(17)18/h2-5H,6H2,1H3,(H,17,18). The van der Waals surface area contributed by atoms with E-state index >= 15 is 0 Å². The fourth-order valence-electron chi connectivity index (χ4n) is 1.73. The minimum atomic E-state index is -1.24. The van der Waals surface area contributed by atoms with E-state index in [-0.39, 0.29) is 17.2 Å². The first kappa shape index (κ1) is 15.2. The number of hydrogen-bond donors (Lipinski definition) is 1. The highest BCUT2D eigenvalue weighted by atomic mass is 35.5. The summed E-state index contributed by atoms with van der Waals surface area (Å²) in [5.41, 5.74) is -0.489. The van der Waals surface area contributed by atoms with E-state index in [1.54, 1.807) is 19.2 Å². The number of nitro groups is 1. The maximum Gasteiger partial charge on any atom is 0.354 e. The smallest absolute Gasteiger partial charge is 0.354 e. The van der Waals surface area contributed by atoms with Gasteiger partial charge in [0.15, 0.2) is 5.69 Å². The Balaban J connectivity index is 2.37. The molecule has 0 aromatic carbocycles. The zero-order valence-corrected chi connectivity index (χ0v) is 12.4. The number of anilines is 1. The molecule has 0 fully saturated rings. The second-order valence-corrected chi connectivity index (χ2v) is 5.96. The molecule has 0 aliphatic carbocycles. The SMILES string of the molecule is CN(Cc1ccc(Cl)s1)c1nc(C(=O)O)ccc1[N+](=O)[O-]. The molecule has 9 heteroatoms. The van der Waals surface area contributed by atoms with Crippen molar-refractivity contribution in [1.29, 1.82) is 0 Å². The quantitative estimate of drug-likeness (QED) is 0.669. The van der Waals surface area contributed by atoms with Crippen LogP contribution in [-0.2, 0) is 6.54 Å². The Morgan fingerprint density at radius 3 is 2.71 bits per heavy atom. The molecule has 21 heavy (non-hydrogen) atoms. The van der Waals surface area contributed by atoms with Gasteiger partial charge >= 0.3 is 11.7 Å². The van der Waals surface area contributed by atoms with Gasteiger partial charge in [0.2, 0.25) is 5.82 Å². The molecule has 0 bridgehead atoms. The van der Waals surface area contributed by atoms with Crippen molar-refractivity contribution < 1.29 is 14.8 Å². The molecular weight excluding hydrogens is 318 g/mol. The summed E-state index contributed by atoms with van der Waals surface area (Å²) >= 11 is 7.18. The van der Waals surface area contributed by atoms with Crippen LogP contribution in [0.4, 0.5) is 11.5 Å². The number of halogens is 1. The lowest BCUT2D eigenvalue weighted by Gasteiger charge is -2.17. The van der Waals surface area contributed by atoms with E-state index in [1.165, 1.54) is 16.2 Å². The summed E-state index contributed by atoms with van der Waals surface area (Å²) in [6.45, 7) is 0.342. The molecule has 0 aliphatic heterocycles. The second-order valence-electron chi connectivity index (χ2n) is 4.16. The summed E-state index contributed by atoms with van der Waals surface area (Å²) in [5, 5.41) is 20.0. The predicted octanol–water partition coefficient (Wildman–Crippen LogP) is 3.04. The third-order valence-corrected chi connectivity index (χ3v) is 3.87. The van der Waals surface area contributed by atoms with Crippen LogP contribution in [0.25, 0.3) is 0 Å². The summed E-state index contributed by atoms with van der Waals surface area (Å²) in [6, 6.07) is 5.78. The zero-order valence-electron chi connectivity index (χ0n) is 10.8. The lowest BCUT2D eigenvalue weighted by Crippen LogP contribution is -2.19. The number of hydrogen-bond acceptors (Lipinski definition) is 6. The molecule has 2 aromatic heterocycles. The summed E-state index contributed by atoms with van der Waals surface area (Å²) in [4.78, 5) is 27.7. The number of rotatable bonds is 5. The van der Waals surface area contributed by atoms with Crippen molar-refractivity contribution in [3.8, 4) is 0 Å². The van der Waals surface area contributed by atoms with Gasteiger partial charge in [-0.2, -0.15) is 0 Å². The van der Waals surface area contributed by atoms with Crippen LogP contribution in [-0.4, -0.2) is 28.0 Å². The fraction of sp³-hybridized carbons (Fsp3) is 0.167. The van der Waals surface area contributed by atoms with Crippen LogP contribution >= 0.6 is 22.9 Å². The van der Waals surface area contributed by atoms with Gasteiger partial charge in [0.25, 0.3) is 0 Å². The maximum atomic E-state index is 11.0. The summed E-state index contributed by atoms with van der Waals surface area (Å²) in [7, 11) is 1.61. The van der Waals surface area contributed by atoms with E-state index in [1.807, 2.05) is 0 Å². The normalized spacial score (nSPS) is 10.4. The van der Waals surface area contributed by atoms with Gasteiger partial charge in [-0.15, -0.1) is 11.3 Å². The van der Waals surface area contributed by atoms with Crippen LogP contribution in [0.3, 0.4) is 0 Å². The number of carboxylic acids is 1. The fourth-order valence-corrected chi connectivity index (χ4v) is 2.87. The summed E-state index contributed by atoms with van der Waals surface area (Å²) in [5.74, 6) is -1.23. The lowest BCUT2D eigenvalue weighted by molar-refractivity contribution is -0.384. The van der Waals surface area contributed by atoms with Gasteiger partial charge < -0.3 is 10.0 Å². The van der Waals surface area contributed by atoms with E-state index in [4.69, 9.17) is 16.7 Å². The molecule has 2 rings (SSSR count). The Bertz CT molecular complexity index is 704. The number of aromatic nitrogens is 1. The molecule has 0 radical (unpaired) electrons. The van der Waals surface area contributed by atoms with Gasteiger partial charge in [0.1, 0.15) is 0 Å². The molecule has 110 valence electrons. The molecule has 0 amide bonds. The van der Waals surface area contributed by atoms with E-state index in [0.717, 1.165) is 17.0 Å². The van der Waals surface area contributed by atoms with Gasteiger partial charge in [-0.3, -0.25) is 10.1 Å². The number of nitrogens with zero attached hydrogens (tertiary/aromatic N) is 3. The Hall–Kier alpha value is -2.19. The van der Waals surface area contributed by atoms with Crippen molar-refractivity contribution in [2.24, 2.45) is 0 Å². The highest BCUT2D eigenvalue weighted by molar-refractivity contribution is 7.16. The Morgan fingerprint density at radius 2 is 2.19 bits per heavy atom. The Labute approximate surface area is 128 Å². The number of thiophene rings is 1. The molecule has 0 atom stereocenters. The average Bonchev–Trinajstić information content (AvgIpc) is 2.83. The van der Waals surface area contributed by atoms with Gasteiger partial charge in [-0.1, -0.05) is 11.6 Å². The van der Waals surface area contributed by atoms with Crippen molar-refractivity contribution in [3.05, 3.63) is 49.3 Å². The topological polar surface area (TPSA) is 96.6 Å². The van der Waals surface area contributed by atoms with E-state index in [0.29, 0.717) is 10.9 Å². The molecular formula is C12H10ClN3O4S. The lowest BCUT2D eigenvalue weighted by atomic mass is 10.3. The maximum absolute atomic E-state index is 11.0. The van der Waals surface area contributed by atoms with Crippen LogP contribution in [0.1, 0.15) is 15.4 Å². The van der Waals surface area contributed by atoms with E-state index in [9.17, 15) is 14.9 Å².